The molecule has 5 N–H and O–H groups in total. The number of amides is 3. The zero-order valence-corrected chi connectivity index (χ0v) is 24.7. The van der Waals surface area contributed by atoms with Gasteiger partial charge in [-0.15, -0.1) is 11.3 Å². The Bertz CT molecular complexity index is 1290. The third kappa shape index (κ3) is 5.90. The van der Waals surface area contributed by atoms with E-state index in [-0.39, 0.29) is 43.2 Å². The Morgan fingerprint density at radius 1 is 1.05 bits per heavy atom. The van der Waals surface area contributed by atoms with Gasteiger partial charge in [0.1, 0.15) is 12.1 Å². The second-order valence-corrected chi connectivity index (χ2v) is 13.7. The molecular formula is C30H40N4O6S. The minimum absolute atomic E-state index is 0.00129. The van der Waals surface area contributed by atoms with Crippen molar-refractivity contribution in [2.45, 2.75) is 83.9 Å². The lowest BCUT2D eigenvalue weighted by Gasteiger charge is -2.37. The zero-order valence-electron chi connectivity index (χ0n) is 23.9. The normalized spacial score (nSPS) is 29.9. The van der Waals surface area contributed by atoms with Crippen LogP contribution in [0, 0.1) is 30.1 Å². The molecule has 1 saturated heterocycles. The number of thiazole rings is 1. The van der Waals surface area contributed by atoms with E-state index in [1.54, 1.807) is 11.3 Å². The van der Waals surface area contributed by atoms with Crippen molar-refractivity contribution in [3.63, 3.8) is 0 Å². The molecule has 3 fully saturated rings. The van der Waals surface area contributed by atoms with Gasteiger partial charge in [0.25, 0.3) is 0 Å². The molecule has 41 heavy (non-hydrogen) atoms. The van der Waals surface area contributed by atoms with Crippen LogP contribution < -0.4 is 10.6 Å². The molecule has 10 nitrogen and oxygen atoms in total. The van der Waals surface area contributed by atoms with Gasteiger partial charge in [-0.3, -0.25) is 14.4 Å². The van der Waals surface area contributed by atoms with E-state index < -0.39 is 47.6 Å². The van der Waals surface area contributed by atoms with Crippen LogP contribution in [0.5, 0.6) is 0 Å². The third-order valence-electron chi connectivity index (χ3n) is 8.95. The zero-order chi connectivity index (χ0) is 29.6. The summed E-state index contributed by atoms with van der Waals surface area (Å²) in [5.74, 6) is -2.04. The number of aromatic nitrogens is 1. The van der Waals surface area contributed by atoms with Gasteiger partial charge in [-0.25, -0.2) is 4.98 Å². The number of aliphatic hydroxyl groups is 3. The molecule has 2 aliphatic carbocycles. The van der Waals surface area contributed by atoms with Crippen LogP contribution in [0.1, 0.15) is 51.3 Å². The first kappa shape index (κ1) is 29.6. The first-order valence-electron chi connectivity index (χ1n) is 14.3. The number of carbonyl (C=O) groups excluding carboxylic acids is 3. The summed E-state index contributed by atoms with van der Waals surface area (Å²) in [6, 6.07) is 6.07. The molecule has 8 atom stereocenters. The van der Waals surface area contributed by atoms with Crippen LogP contribution in [0.2, 0.25) is 0 Å². The van der Waals surface area contributed by atoms with Crippen molar-refractivity contribution in [3.8, 4) is 10.4 Å². The fourth-order valence-corrected chi connectivity index (χ4v) is 7.44. The van der Waals surface area contributed by atoms with E-state index in [1.165, 1.54) is 4.90 Å². The summed E-state index contributed by atoms with van der Waals surface area (Å²) in [6.07, 6.45) is -1.43. The van der Waals surface area contributed by atoms with Crippen LogP contribution in [0.3, 0.4) is 0 Å². The Hall–Kier alpha value is -2.86. The average molecular weight is 585 g/mol. The maximum atomic E-state index is 13.9. The lowest BCUT2D eigenvalue weighted by molar-refractivity contribution is -0.145. The summed E-state index contributed by atoms with van der Waals surface area (Å²) < 4.78 is 0. The van der Waals surface area contributed by atoms with Crippen molar-refractivity contribution in [1.82, 2.24) is 20.5 Å². The van der Waals surface area contributed by atoms with Crippen molar-refractivity contribution in [3.05, 3.63) is 41.0 Å². The number of carbonyl (C=O) groups is 3. The second-order valence-electron chi connectivity index (χ2n) is 12.9. The van der Waals surface area contributed by atoms with Crippen molar-refractivity contribution >= 4 is 29.1 Å². The van der Waals surface area contributed by atoms with Gasteiger partial charge in [-0.05, 0) is 48.1 Å². The molecule has 2 bridgehead atoms. The highest BCUT2D eigenvalue weighted by Crippen LogP contribution is 2.48. The van der Waals surface area contributed by atoms with Crippen LogP contribution in [-0.2, 0) is 20.9 Å². The molecule has 1 aromatic carbocycles. The monoisotopic (exact) mass is 584 g/mol. The SMILES string of the molecule is Cc1ncsc1-c1ccc(CNC(=O)[C@@H]2C[C@@H](O)CN2C(=O)[C@@H](NC(=O)[C@H]2C[C@@H]3CC2[C@H](O)[C@@H]3O)C(C)(C)C)cc1. The molecule has 5 rings (SSSR count). The Morgan fingerprint density at radius 3 is 2.34 bits per heavy atom. The van der Waals surface area contributed by atoms with E-state index in [2.05, 4.69) is 15.6 Å². The number of β-amino-alcohol motifs (C(OH)–C–C–N with tert-alkyl or cyclic N) is 1. The number of nitrogens with zero attached hydrogens (tertiary/aromatic N) is 2. The first-order valence-corrected chi connectivity index (χ1v) is 15.1. The molecule has 222 valence electrons. The predicted octanol–water partition coefficient (Wildman–Crippen LogP) is 1.61. The van der Waals surface area contributed by atoms with Gasteiger partial charge < -0.3 is 30.9 Å². The van der Waals surface area contributed by atoms with Crippen molar-refractivity contribution in [2.24, 2.45) is 23.2 Å². The molecular weight excluding hydrogens is 544 g/mol. The molecule has 1 aliphatic heterocycles. The molecule has 2 saturated carbocycles. The van der Waals surface area contributed by atoms with Gasteiger partial charge in [0.15, 0.2) is 0 Å². The van der Waals surface area contributed by atoms with Gasteiger partial charge in [0.2, 0.25) is 17.7 Å². The van der Waals surface area contributed by atoms with Gasteiger partial charge in [0, 0.05) is 25.4 Å². The Kier molecular flexibility index (Phi) is 8.26. The topological polar surface area (TPSA) is 152 Å². The molecule has 11 heteroatoms. The molecule has 1 unspecified atom stereocenters. The number of aryl methyl sites for hydroxylation is 1. The molecule has 1 aromatic heterocycles. The van der Waals surface area contributed by atoms with E-state index in [4.69, 9.17) is 0 Å². The minimum atomic E-state index is -0.942. The Labute approximate surface area is 244 Å². The van der Waals surface area contributed by atoms with Crippen molar-refractivity contribution in [1.29, 1.82) is 0 Å². The Morgan fingerprint density at radius 2 is 1.76 bits per heavy atom. The van der Waals surface area contributed by atoms with Gasteiger partial charge in [-0.2, -0.15) is 0 Å². The number of benzene rings is 1. The molecule has 3 aliphatic rings. The summed E-state index contributed by atoms with van der Waals surface area (Å²) in [4.78, 5) is 47.2. The van der Waals surface area contributed by atoms with E-state index >= 15 is 0 Å². The largest absolute Gasteiger partial charge is 0.391 e. The standard InChI is InChI=1S/C30H40N4O6S/c1-15-25(41-14-32-15)17-7-5-16(6-8-17)12-31-28(39)22-11-19(35)13-34(22)29(40)26(30(2,3)4)33-27(38)21-10-18-9-20(21)24(37)23(18)36/h5-8,14,18-24,26,35-37H,9-13H2,1-4H3,(H,31,39)(H,33,38)/t18-,19+,20?,21-,22-,23+,24-,26+/m0/s1. The first-order chi connectivity index (χ1) is 19.3. The van der Waals surface area contributed by atoms with E-state index in [0.29, 0.717) is 12.8 Å². The maximum Gasteiger partial charge on any atom is 0.246 e. The van der Waals surface area contributed by atoms with Crippen LogP contribution in [0.15, 0.2) is 29.8 Å². The van der Waals surface area contributed by atoms with E-state index in [9.17, 15) is 29.7 Å². The maximum absolute atomic E-state index is 13.9. The summed E-state index contributed by atoms with van der Waals surface area (Å²) in [6.45, 7) is 7.76. The van der Waals surface area contributed by atoms with Gasteiger partial charge in [0.05, 0.1) is 34.4 Å². The predicted molar refractivity (Wildman–Crippen MR) is 153 cm³/mol. The highest BCUT2D eigenvalue weighted by molar-refractivity contribution is 7.13. The minimum Gasteiger partial charge on any atom is -0.391 e. The van der Waals surface area contributed by atoms with Gasteiger partial charge in [-0.1, -0.05) is 45.0 Å². The lowest BCUT2D eigenvalue weighted by Crippen LogP contribution is -2.59. The highest BCUT2D eigenvalue weighted by atomic mass is 32.1. The van der Waals surface area contributed by atoms with Crippen LogP contribution in [0.25, 0.3) is 10.4 Å². The number of rotatable bonds is 7. The molecule has 2 aromatic rings. The highest BCUT2D eigenvalue weighted by Gasteiger charge is 2.54. The number of hydrogen-bond acceptors (Lipinski definition) is 8. The van der Waals surface area contributed by atoms with E-state index in [1.807, 2.05) is 57.5 Å². The fourth-order valence-electron chi connectivity index (χ4n) is 6.63. The Balaban J connectivity index is 1.24. The number of fused-ring (bicyclic) bond motifs is 2. The van der Waals surface area contributed by atoms with Crippen LogP contribution in [0.4, 0.5) is 0 Å². The molecule has 2 heterocycles. The van der Waals surface area contributed by atoms with Crippen LogP contribution in [-0.4, -0.2) is 79.9 Å². The second kappa shape index (κ2) is 11.4. The number of likely N-dealkylation sites (tertiary alicyclic amines) is 1. The smallest absolute Gasteiger partial charge is 0.246 e. The molecule has 3 amide bonds. The summed E-state index contributed by atoms with van der Waals surface area (Å²) in [5, 5.41) is 36.7. The number of aliphatic hydroxyl groups excluding tert-OH is 3. The third-order valence-corrected chi connectivity index (χ3v) is 9.93. The molecule has 0 spiro atoms. The van der Waals surface area contributed by atoms with E-state index in [0.717, 1.165) is 21.7 Å². The lowest BCUT2D eigenvalue weighted by atomic mass is 9.82. The van der Waals surface area contributed by atoms with Crippen molar-refractivity contribution < 1.29 is 29.7 Å². The number of nitrogens with one attached hydrogen (secondary N) is 2. The van der Waals surface area contributed by atoms with Crippen LogP contribution >= 0.6 is 11.3 Å². The number of hydrogen-bond donors (Lipinski definition) is 5. The fraction of sp³-hybridized carbons (Fsp3) is 0.600. The van der Waals surface area contributed by atoms with Crippen molar-refractivity contribution in [2.75, 3.05) is 6.54 Å². The quantitative estimate of drug-likeness (QED) is 0.332. The average Bonchev–Trinajstić information content (AvgIpc) is 3.70. The summed E-state index contributed by atoms with van der Waals surface area (Å²) in [5.41, 5.74) is 4.07. The molecule has 0 radical (unpaired) electrons. The van der Waals surface area contributed by atoms with Gasteiger partial charge >= 0.3 is 0 Å². The summed E-state index contributed by atoms with van der Waals surface area (Å²) >= 11 is 1.57. The summed E-state index contributed by atoms with van der Waals surface area (Å²) in [7, 11) is 0.